The molecule has 0 radical (unpaired) electrons. The Morgan fingerprint density at radius 1 is 1.33 bits per heavy atom. The van der Waals surface area contributed by atoms with Crippen molar-refractivity contribution in [1.29, 1.82) is 0 Å². The molecular weight excluding hydrogens is 378 g/mol. The Morgan fingerprint density at radius 3 is 2.70 bits per heavy atom. The molecule has 0 aromatic carbocycles. The molecule has 1 aromatic rings. The summed E-state index contributed by atoms with van der Waals surface area (Å²) < 4.78 is 5.97. The fraction of sp³-hybridized carbons (Fsp3) is 0.696. The average Bonchev–Trinajstić information content (AvgIpc) is 2.71. The fourth-order valence-corrected chi connectivity index (χ4v) is 3.84. The molecule has 1 saturated heterocycles. The highest BCUT2D eigenvalue weighted by Crippen LogP contribution is 2.21. The number of hydrogen-bond acceptors (Lipinski definition) is 4. The summed E-state index contributed by atoms with van der Waals surface area (Å²) in [5, 5.41) is 6.13. The van der Waals surface area contributed by atoms with Crippen molar-refractivity contribution in [2.75, 3.05) is 26.7 Å². The molecular formula is C23H39N5O2. The number of carbonyl (C=O) groups excluding carboxylic acids is 1. The molecule has 7 heteroatoms. The highest BCUT2D eigenvalue weighted by molar-refractivity contribution is 5.80. The second kappa shape index (κ2) is 12.4. The summed E-state index contributed by atoms with van der Waals surface area (Å²) in [6.45, 7) is 11.8. The van der Waals surface area contributed by atoms with Gasteiger partial charge in [-0.25, -0.2) is 9.98 Å². The van der Waals surface area contributed by atoms with Gasteiger partial charge in [0.1, 0.15) is 0 Å². The first-order chi connectivity index (χ1) is 14.4. The molecule has 7 nitrogen and oxygen atoms in total. The van der Waals surface area contributed by atoms with Crippen LogP contribution in [-0.2, 0) is 11.3 Å². The first-order valence-corrected chi connectivity index (χ1v) is 11.3. The number of amides is 1. The van der Waals surface area contributed by atoms with Crippen molar-refractivity contribution in [2.24, 2.45) is 16.8 Å². The number of guanidine groups is 1. The van der Waals surface area contributed by atoms with E-state index in [1.165, 1.54) is 0 Å². The molecule has 1 aromatic heterocycles. The second-order valence-electron chi connectivity index (χ2n) is 8.54. The van der Waals surface area contributed by atoms with Gasteiger partial charge < -0.3 is 20.3 Å². The van der Waals surface area contributed by atoms with E-state index in [4.69, 9.17) is 9.73 Å². The van der Waals surface area contributed by atoms with E-state index in [0.29, 0.717) is 30.7 Å². The minimum absolute atomic E-state index is 0.132. The van der Waals surface area contributed by atoms with Gasteiger partial charge in [-0.3, -0.25) is 4.79 Å². The average molecular weight is 418 g/mol. The number of rotatable bonds is 9. The molecule has 1 aliphatic rings. The number of nitrogens with zero attached hydrogens (tertiary/aromatic N) is 3. The number of pyridine rings is 1. The minimum Gasteiger partial charge on any atom is -0.475 e. The molecule has 0 aliphatic carbocycles. The van der Waals surface area contributed by atoms with Crippen molar-refractivity contribution in [3.8, 4) is 5.88 Å². The number of carbonyl (C=O) groups is 1. The van der Waals surface area contributed by atoms with Gasteiger partial charge in [0.15, 0.2) is 5.96 Å². The maximum atomic E-state index is 11.6. The predicted octanol–water partition coefficient (Wildman–Crippen LogP) is 3.21. The van der Waals surface area contributed by atoms with Crippen molar-refractivity contribution in [3.63, 3.8) is 0 Å². The lowest BCUT2D eigenvalue weighted by atomic mass is 9.93. The lowest BCUT2D eigenvalue weighted by molar-refractivity contribution is -0.121. The van der Waals surface area contributed by atoms with E-state index in [0.717, 1.165) is 50.4 Å². The Balaban J connectivity index is 1.95. The van der Waals surface area contributed by atoms with Gasteiger partial charge in [0, 0.05) is 45.4 Å². The van der Waals surface area contributed by atoms with Crippen LogP contribution in [0.5, 0.6) is 5.88 Å². The molecule has 30 heavy (non-hydrogen) atoms. The Kier molecular flexibility index (Phi) is 9.91. The number of aliphatic imine (C=N–C) groups is 1. The third-order valence-corrected chi connectivity index (χ3v) is 5.34. The quantitative estimate of drug-likeness (QED) is 0.476. The van der Waals surface area contributed by atoms with E-state index < -0.39 is 0 Å². The van der Waals surface area contributed by atoms with Crippen LogP contribution in [0.3, 0.4) is 0 Å². The van der Waals surface area contributed by atoms with Crippen molar-refractivity contribution in [2.45, 2.75) is 66.0 Å². The monoisotopic (exact) mass is 417 g/mol. The van der Waals surface area contributed by atoms with Crippen LogP contribution in [0, 0.1) is 11.8 Å². The summed E-state index contributed by atoms with van der Waals surface area (Å²) >= 11 is 0. The molecule has 1 fully saturated rings. The van der Waals surface area contributed by atoms with Crippen LogP contribution < -0.4 is 15.4 Å². The topological polar surface area (TPSA) is 78.9 Å². The van der Waals surface area contributed by atoms with E-state index >= 15 is 0 Å². The van der Waals surface area contributed by atoms with E-state index in [1.54, 1.807) is 13.2 Å². The zero-order chi connectivity index (χ0) is 21.9. The lowest BCUT2D eigenvalue weighted by Crippen LogP contribution is -2.46. The van der Waals surface area contributed by atoms with Crippen molar-refractivity contribution >= 4 is 11.9 Å². The summed E-state index contributed by atoms with van der Waals surface area (Å²) in [6.07, 6.45) is 5.58. The van der Waals surface area contributed by atoms with Crippen molar-refractivity contribution < 1.29 is 9.53 Å². The number of nitrogens with one attached hydrogen (secondary N) is 2. The van der Waals surface area contributed by atoms with E-state index in [9.17, 15) is 4.79 Å². The predicted molar refractivity (Wildman–Crippen MR) is 122 cm³/mol. The van der Waals surface area contributed by atoms with Gasteiger partial charge in [-0.15, -0.1) is 0 Å². The molecule has 1 amide bonds. The molecule has 0 saturated carbocycles. The standard InChI is InChI=1S/C23H39N5O2/c1-6-25-23(28-11-8-19(9-12-28)14-21(29)24-5)27-16-20-7-10-26-22(15-20)30-18(4)13-17(2)3/h7,10,15,17-19H,6,8-9,11-14,16H2,1-5H3,(H,24,29)(H,25,27). The van der Waals surface area contributed by atoms with E-state index in [1.807, 2.05) is 12.1 Å². The Morgan fingerprint density at radius 2 is 2.07 bits per heavy atom. The van der Waals surface area contributed by atoms with Gasteiger partial charge >= 0.3 is 0 Å². The summed E-state index contributed by atoms with van der Waals surface area (Å²) in [4.78, 5) is 23.1. The normalized spacial score (nSPS) is 16.5. The van der Waals surface area contributed by atoms with Gasteiger partial charge in [0.2, 0.25) is 11.8 Å². The minimum atomic E-state index is 0.132. The summed E-state index contributed by atoms with van der Waals surface area (Å²) in [7, 11) is 1.70. The van der Waals surface area contributed by atoms with Gasteiger partial charge in [0.25, 0.3) is 0 Å². The molecule has 168 valence electrons. The highest BCUT2D eigenvalue weighted by atomic mass is 16.5. The number of piperidine rings is 1. The zero-order valence-corrected chi connectivity index (χ0v) is 19.3. The van der Waals surface area contributed by atoms with Crippen LogP contribution in [0.25, 0.3) is 0 Å². The molecule has 1 aliphatic heterocycles. The maximum absolute atomic E-state index is 11.6. The molecule has 2 N–H and O–H groups in total. The van der Waals surface area contributed by atoms with Crippen LogP contribution in [0.15, 0.2) is 23.3 Å². The first kappa shape index (κ1) is 24.0. The lowest BCUT2D eigenvalue weighted by Gasteiger charge is -2.34. The number of hydrogen-bond donors (Lipinski definition) is 2. The number of likely N-dealkylation sites (tertiary alicyclic amines) is 1. The molecule has 2 rings (SSSR count). The second-order valence-corrected chi connectivity index (χ2v) is 8.54. The summed E-state index contributed by atoms with van der Waals surface area (Å²) in [6, 6.07) is 3.97. The van der Waals surface area contributed by atoms with Crippen LogP contribution in [0.2, 0.25) is 0 Å². The molecule has 1 atom stereocenters. The van der Waals surface area contributed by atoms with Gasteiger partial charge in [-0.2, -0.15) is 0 Å². The fourth-order valence-electron chi connectivity index (χ4n) is 3.84. The Hall–Kier alpha value is -2.31. The Bertz CT molecular complexity index is 684. The molecule has 0 bridgehead atoms. The first-order valence-electron chi connectivity index (χ1n) is 11.3. The van der Waals surface area contributed by atoms with E-state index in [2.05, 4.69) is 48.2 Å². The van der Waals surface area contributed by atoms with E-state index in [-0.39, 0.29) is 12.0 Å². The number of ether oxygens (including phenoxy) is 1. The van der Waals surface area contributed by atoms with Crippen LogP contribution in [-0.4, -0.2) is 54.5 Å². The third kappa shape index (κ3) is 8.20. The van der Waals surface area contributed by atoms with Gasteiger partial charge in [0.05, 0.1) is 12.6 Å². The largest absolute Gasteiger partial charge is 0.475 e. The SMILES string of the molecule is CCNC(=NCc1ccnc(OC(C)CC(C)C)c1)N1CCC(CC(=O)NC)CC1. The third-order valence-electron chi connectivity index (χ3n) is 5.34. The smallest absolute Gasteiger partial charge is 0.220 e. The highest BCUT2D eigenvalue weighted by Gasteiger charge is 2.23. The van der Waals surface area contributed by atoms with Crippen molar-refractivity contribution in [1.82, 2.24) is 20.5 Å². The molecule has 1 unspecified atom stereocenters. The van der Waals surface area contributed by atoms with Gasteiger partial charge in [-0.05, 0) is 56.6 Å². The van der Waals surface area contributed by atoms with Crippen molar-refractivity contribution in [3.05, 3.63) is 23.9 Å². The summed E-state index contributed by atoms with van der Waals surface area (Å²) in [5.74, 6) is 2.78. The van der Waals surface area contributed by atoms with Crippen LogP contribution in [0.4, 0.5) is 0 Å². The van der Waals surface area contributed by atoms with Crippen LogP contribution in [0.1, 0.15) is 58.9 Å². The maximum Gasteiger partial charge on any atom is 0.220 e. The molecule has 0 spiro atoms. The molecule has 2 heterocycles. The Labute approximate surface area is 181 Å². The van der Waals surface area contributed by atoms with Gasteiger partial charge in [-0.1, -0.05) is 13.8 Å². The number of aromatic nitrogens is 1. The zero-order valence-electron chi connectivity index (χ0n) is 19.3. The summed E-state index contributed by atoms with van der Waals surface area (Å²) in [5.41, 5.74) is 1.08. The van der Waals surface area contributed by atoms with Crippen LogP contribution >= 0.6 is 0 Å².